The van der Waals surface area contributed by atoms with Gasteiger partial charge >= 0.3 is 0 Å². The number of rotatable bonds is 3. The second-order valence-electron chi connectivity index (χ2n) is 5.15. The van der Waals surface area contributed by atoms with Crippen LogP contribution in [0.25, 0.3) is 5.69 Å². The third kappa shape index (κ3) is 2.05. The molecule has 0 saturated heterocycles. The van der Waals surface area contributed by atoms with Crippen molar-refractivity contribution in [3.8, 4) is 5.69 Å². The lowest BCUT2D eigenvalue weighted by Crippen LogP contribution is -2.26. The third-order valence-corrected chi connectivity index (χ3v) is 3.67. The monoisotopic (exact) mass is 292 g/mol. The zero-order chi connectivity index (χ0) is 14.9. The minimum atomic E-state index is 0.654. The number of nitrogens with one attached hydrogen (secondary N) is 1. The predicted molar refractivity (Wildman–Crippen MR) is 84.2 cm³/mol. The van der Waals surface area contributed by atoms with E-state index in [4.69, 9.17) is 0 Å². The number of nitrogens with zero attached hydrogens (tertiary/aromatic N) is 5. The van der Waals surface area contributed by atoms with Gasteiger partial charge in [0.2, 0.25) is 0 Å². The van der Waals surface area contributed by atoms with Crippen LogP contribution >= 0.6 is 0 Å². The molecule has 22 heavy (non-hydrogen) atoms. The van der Waals surface area contributed by atoms with E-state index < -0.39 is 0 Å². The Morgan fingerprint density at radius 2 is 2.00 bits per heavy atom. The van der Waals surface area contributed by atoms with E-state index in [1.165, 1.54) is 0 Å². The summed E-state index contributed by atoms with van der Waals surface area (Å²) in [4.78, 5) is 11.4. The Morgan fingerprint density at radius 3 is 2.82 bits per heavy atom. The van der Waals surface area contributed by atoms with E-state index in [0.29, 0.717) is 13.1 Å². The first-order valence-electron chi connectivity index (χ1n) is 7.24. The SMILES string of the molecule is CNCc1nc2n(n1)-c1cccnc1N(c1ccccc1)C2. The van der Waals surface area contributed by atoms with Gasteiger partial charge in [0.25, 0.3) is 0 Å². The maximum absolute atomic E-state index is 4.64. The van der Waals surface area contributed by atoms with Crippen LogP contribution in [0, 0.1) is 0 Å². The Balaban J connectivity index is 1.85. The van der Waals surface area contributed by atoms with Gasteiger partial charge in [-0.1, -0.05) is 18.2 Å². The van der Waals surface area contributed by atoms with Crippen molar-refractivity contribution < 1.29 is 0 Å². The highest BCUT2D eigenvalue weighted by atomic mass is 15.4. The van der Waals surface area contributed by atoms with Crippen molar-refractivity contribution >= 4 is 11.5 Å². The largest absolute Gasteiger partial charge is 0.317 e. The maximum atomic E-state index is 4.64. The number of anilines is 2. The number of benzene rings is 1. The van der Waals surface area contributed by atoms with Gasteiger partial charge in [-0.05, 0) is 31.3 Å². The van der Waals surface area contributed by atoms with Crippen molar-refractivity contribution in [3.63, 3.8) is 0 Å². The van der Waals surface area contributed by atoms with Crippen LogP contribution in [0.4, 0.5) is 11.5 Å². The summed E-state index contributed by atoms with van der Waals surface area (Å²) in [6.07, 6.45) is 1.81. The molecule has 6 nitrogen and oxygen atoms in total. The first-order chi connectivity index (χ1) is 10.9. The average molecular weight is 292 g/mol. The van der Waals surface area contributed by atoms with Crippen LogP contribution in [-0.2, 0) is 13.1 Å². The van der Waals surface area contributed by atoms with Gasteiger partial charge in [-0.15, -0.1) is 5.10 Å². The molecule has 0 aliphatic carbocycles. The van der Waals surface area contributed by atoms with Crippen LogP contribution in [0.5, 0.6) is 0 Å². The van der Waals surface area contributed by atoms with Gasteiger partial charge in [0, 0.05) is 11.9 Å². The van der Waals surface area contributed by atoms with Crippen LogP contribution in [0.15, 0.2) is 48.7 Å². The second-order valence-corrected chi connectivity index (χ2v) is 5.15. The smallest absolute Gasteiger partial charge is 0.165 e. The lowest BCUT2D eigenvalue weighted by atomic mass is 10.2. The van der Waals surface area contributed by atoms with Crippen molar-refractivity contribution in [1.82, 2.24) is 25.1 Å². The molecule has 6 heteroatoms. The van der Waals surface area contributed by atoms with Gasteiger partial charge in [-0.3, -0.25) is 0 Å². The minimum Gasteiger partial charge on any atom is -0.317 e. The minimum absolute atomic E-state index is 0.654. The van der Waals surface area contributed by atoms with E-state index in [2.05, 4.69) is 37.4 Å². The Kier molecular flexibility index (Phi) is 3.08. The summed E-state index contributed by atoms with van der Waals surface area (Å²) >= 11 is 0. The summed E-state index contributed by atoms with van der Waals surface area (Å²) in [5.74, 6) is 2.62. The molecule has 0 spiro atoms. The molecule has 0 radical (unpaired) electrons. The van der Waals surface area contributed by atoms with Gasteiger partial charge in [0.1, 0.15) is 5.69 Å². The molecule has 1 aliphatic rings. The van der Waals surface area contributed by atoms with Crippen molar-refractivity contribution in [1.29, 1.82) is 0 Å². The third-order valence-electron chi connectivity index (χ3n) is 3.67. The zero-order valence-corrected chi connectivity index (χ0v) is 12.3. The van der Waals surface area contributed by atoms with Gasteiger partial charge in [0.15, 0.2) is 17.5 Å². The Hall–Kier alpha value is -2.73. The summed E-state index contributed by atoms with van der Waals surface area (Å²) in [5, 5.41) is 7.68. The molecule has 0 atom stereocenters. The van der Waals surface area contributed by atoms with Crippen LogP contribution in [-0.4, -0.2) is 26.8 Å². The molecular weight excluding hydrogens is 276 g/mol. The Labute approximate surface area is 128 Å². The molecule has 2 aromatic heterocycles. The van der Waals surface area contributed by atoms with E-state index in [1.54, 1.807) is 0 Å². The van der Waals surface area contributed by atoms with Crippen LogP contribution in [0.3, 0.4) is 0 Å². The van der Waals surface area contributed by atoms with Crippen LogP contribution in [0.2, 0.25) is 0 Å². The fraction of sp³-hybridized carbons (Fsp3) is 0.188. The molecule has 1 N–H and O–H groups in total. The Bertz CT molecular complexity index is 795. The summed E-state index contributed by atoms with van der Waals surface area (Å²) < 4.78 is 1.90. The van der Waals surface area contributed by atoms with Crippen LogP contribution < -0.4 is 10.2 Å². The fourth-order valence-corrected chi connectivity index (χ4v) is 2.72. The second kappa shape index (κ2) is 5.23. The van der Waals surface area contributed by atoms with Crippen LogP contribution in [0.1, 0.15) is 11.6 Å². The fourth-order valence-electron chi connectivity index (χ4n) is 2.72. The van der Waals surface area contributed by atoms with Crippen molar-refractivity contribution in [2.75, 3.05) is 11.9 Å². The number of hydrogen-bond acceptors (Lipinski definition) is 5. The molecule has 0 amide bonds. The zero-order valence-electron chi connectivity index (χ0n) is 12.3. The highest BCUT2D eigenvalue weighted by Crippen LogP contribution is 2.34. The molecule has 3 aromatic rings. The summed E-state index contributed by atoms with van der Waals surface area (Å²) in [5.41, 5.74) is 2.06. The number of aromatic nitrogens is 4. The molecular formula is C16H16N6. The number of fused-ring (bicyclic) bond motifs is 3. The number of hydrogen-bond donors (Lipinski definition) is 1. The molecule has 4 rings (SSSR count). The molecule has 0 fully saturated rings. The van der Waals surface area contributed by atoms with Crippen molar-refractivity contribution in [3.05, 3.63) is 60.3 Å². The normalized spacial score (nSPS) is 12.9. The number of pyridine rings is 1. The quantitative estimate of drug-likeness (QED) is 0.800. The summed E-state index contributed by atoms with van der Waals surface area (Å²) in [6.45, 7) is 1.31. The molecule has 0 bridgehead atoms. The van der Waals surface area contributed by atoms with E-state index in [1.807, 2.05) is 48.3 Å². The van der Waals surface area contributed by atoms with E-state index in [9.17, 15) is 0 Å². The predicted octanol–water partition coefficient (Wildman–Crippen LogP) is 2.03. The standard InChI is InChI=1S/C16H16N6/c1-17-10-14-19-15-11-21(12-6-3-2-4-7-12)16-13(22(15)20-14)8-5-9-18-16/h2-9,17H,10-11H2,1H3. The molecule has 3 heterocycles. The lowest BCUT2D eigenvalue weighted by Gasteiger charge is -2.29. The van der Waals surface area contributed by atoms with Gasteiger partial charge < -0.3 is 10.2 Å². The molecule has 110 valence electrons. The van der Waals surface area contributed by atoms with E-state index in [0.717, 1.165) is 28.8 Å². The van der Waals surface area contributed by atoms with Crippen molar-refractivity contribution in [2.45, 2.75) is 13.1 Å². The number of para-hydroxylation sites is 1. The average Bonchev–Trinajstić information content (AvgIpc) is 2.98. The van der Waals surface area contributed by atoms with E-state index in [-0.39, 0.29) is 0 Å². The summed E-state index contributed by atoms with van der Waals surface area (Å²) in [6, 6.07) is 14.2. The lowest BCUT2D eigenvalue weighted by molar-refractivity contribution is 0.716. The molecule has 0 saturated carbocycles. The van der Waals surface area contributed by atoms with Crippen molar-refractivity contribution in [2.24, 2.45) is 0 Å². The molecule has 1 aliphatic heterocycles. The first-order valence-corrected chi connectivity index (χ1v) is 7.24. The molecule has 1 aromatic carbocycles. The highest BCUT2D eigenvalue weighted by Gasteiger charge is 2.26. The van der Waals surface area contributed by atoms with Gasteiger partial charge in [-0.2, -0.15) is 0 Å². The van der Waals surface area contributed by atoms with E-state index >= 15 is 0 Å². The molecule has 0 unspecified atom stereocenters. The maximum Gasteiger partial charge on any atom is 0.165 e. The summed E-state index contributed by atoms with van der Waals surface area (Å²) in [7, 11) is 1.89. The van der Waals surface area contributed by atoms with Gasteiger partial charge in [0.05, 0.1) is 13.1 Å². The highest BCUT2D eigenvalue weighted by molar-refractivity contribution is 5.69. The topological polar surface area (TPSA) is 58.9 Å². The Morgan fingerprint density at radius 1 is 1.14 bits per heavy atom. The first kappa shape index (κ1) is 13.0. The van der Waals surface area contributed by atoms with Gasteiger partial charge in [-0.25, -0.2) is 14.6 Å².